The number of nitro groups is 1. The maximum Gasteiger partial charge on any atom is 0.508 e. The molecule has 8 nitrogen and oxygen atoms in total. The average molecular weight is 504 g/mol. The van der Waals surface area contributed by atoms with E-state index in [0.29, 0.717) is 25.0 Å². The number of hydrogen-bond acceptors (Lipinski definition) is 8. The summed E-state index contributed by atoms with van der Waals surface area (Å²) in [6, 6.07) is 13.3. The van der Waals surface area contributed by atoms with E-state index in [0.717, 1.165) is 15.4 Å². The summed E-state index contributed by atoms with van der Waals surface area (Å²) in [5.41, 5.74) is 1.00. The summed E-state index contributed by atoms with van der Waals surface area (Å²) in [6.07, 6.45) is -0.498. The second-order valence-electron chi connectivity index (χ2n) is 9.24. The first-order chi connectivity index (χ1) is 16.6. The molecule has 1 fully saturated rings. The maximum atomic E-state index is 12.4. The number of carbonyl (C=O) groups is 1. The van der Waals surface area contributed by atoms with Crippen molar-refractivity contribution in [2.45, 2.75) is 74.1 Å². The predicted molar refractivity (Wildman–Crippen MR) is 133 cm³/mol. The number of methoxy groups -OCH3 is 1. The fourth-order valence-electron chi connectivity index (χ4n) is 4.18. The number of rotatable bonds is 10. The molecule has 0 spiro atoms. The SMILES string of the molecule is CCc1cc([N+](=O)[O-])c(C(C)COC(=O)O[C@@H]2CC(C)(C)O[C@@H]2COC)cc1Sc1ccccc1. The Balaban J connectivity index is 1.72. The van der Waals surface area contributed by atoms with Gasteiger partial charge in [0, 0.05) is 40.9 Å². The van der Waals surface area contributed by atoms with Gasteiger partial charge in [0.05, 0.1) is 17.1 Å². The Morgan fingerprint density at radius 1 is 1.29 bits per heavy atom. The molecule has 0 aliphatic carbocycles. The molecule has 1 aliphatic rings. The zero-order chi connectivity index (χ0) is 25.6. The molecule has 190 valence electrons. The van der Waals surface area contributed by atoms with Gasteiger partial charge in [-0.25, -0.2) is 4.79 Å². The molecule has 2 aromatic carbocycles. The molecule has 3 rings (SSSR count). The zero-order valence-corrected chi connectivity index (χ0v) is 21.6. The topological polar surface area (TPSA) is 97.1 Å². The number of aryl methyl sites for hydroxylation is 1. The van der Waals surface area contributed by atoms with Crippen LogP contribution in [0.1, 0.15) is 51.2 Å². The van der Waals surface area contributed by atoms with E-state index < -0.39 is 23.8 Å². The van der Waals surface area contributed by atoms with Crippen LogP contribution in [0.25, 0.3) is 0 Å². The Kier molecular flexibility index (Phi) is 9.15. The Labute approximate surface area is 210 Å². The molecular formula is C26H33NO7S. The lowest BCUT2D eigenvalue weighted by Gasteiger charge is -2.19. The van der Waals surface area contributed by atoms with Crippen molar-refractivity contribution in [2.75, 3.05) is 20.3 Å². The molecule has 2 aromatic rings. The van der Waals surface area contributed by atoms with E-state index in [1.165, 1.54) is 0 Å². The minimum absolute atomic E-state index is 0.0230. The lowest BCUT2D eigenvalue weighted by atomic mass is 9.97. The van der Waals surface area contributed by atoms with Crippen LogP contribution in [0.15, 0.2) is 52.3 Å². The molecule has 35 heavy (non-hydrogen) atoms. The van der Waals surface area contributed by atoms with Gasteiger partial charge in [-0.15, -0.1) is 0 Å². The molecule has 1 aliphatic heterocycles. The fraction of sp³-hybridized carbons (Fsp3) is 0.500. The van der Waals surface area contributed by atoms with Crippen molar-refractivity contribution in [3.8, 4) is 0 Å². The molecule has 0 N–H and O–H groups in total. The minimum Gasteiger partial charge on any atom is -0.434 e. The number of carbonyl (C=O) groups excluding carboxylic acids is 1. The molecule has 0 saturated carbocycles. The van der Waals surface area contributed by atoms with Crippen LogP contribution in [-0.2, 0) is 25.4 Å². The van der Waals surface area contributed by atoms with Gasteiger partial charge in [-0.3, -0.25) is 10.1 Å². The van der Waals surface area contributed by atoms with Crippen LogP contribution in [0.3, 0.4) is 0 Å². The van der Waals surface area contributed by atoms with Crippen molar-refractivity contribution >= 4 is 23.6 Å². The van der Waals surface area contributed by atoms with Gasteiger partial charge in [-0.1, -0.05) is 43.8 Å². The number of ether oxygens (including phenoxy) is 4. The summed E-state index contributed by atoms with van der Waals surface area (Å²) < 4.78 is 21.9. The fourth-order valence-corrected chi connectivity index (χ4v) is 5.25. The van der Waals surface area contributed by atoms with Gasteiger partial charge in [0.2, 0.25) is 0 Å². The van der Waals surface area contributed by atoms with Crippen molar-refractivity contribution in [1.82, 2.24) is 0 Å². The Bertz CT molecular complexity index is 1030. The highest BCUT2D eigenvalue weighted by atomic mass is 32.2. The Hall–Kier alpha value is -2.62. The second-order valence-corrected chi connectivity index (χ2v) is 10.4. The van der Waals surface area contributed by atoms with Crippen molar-refractivity contribution < 1.29 is 28.7 Å². The van der Waals surface area contributed by atoms with Crippen LogP contribution >= 0.6 is 11.8 Å². The summed E-state index contributed by atoms with van der Waals surface area (Å²) in [7, 11) is 1.56. The van der Waals surface area contributed by atoms with Crippen molar-refractivity contribution in [3.05, 3.63) is 63.7 Å². The van der Waals surface area contributed by atoms with Crippen molar-refractivity contribution in [1.29, 1.82) is 0 Å². The summed E-state index contributed by atoms with van der Waals surface area (Å²) in [6.45, 7) is 7.88. The molecule has 0 bridgehead atoms. The van der Waals surface area contributed by atoms with E-state index in [1.54, 1.807) is 31.9 Å². The summed E-state index contributed by atoms with van der Waals surface area (Å²) in [5, 5.41) is 11.8. The van der Waals surface area contributed by atoms with Gasteiger partial charge in [0.1, 0.15) is 18.8 Å². The number of benzene rings is 2. The van der Waals surface area contributed by atoms with E-state index >= 15 is 0 Å². The second kappa shape index (κ2) is 11.9. The Morgan fingerprint density at radius 2 is 2.00 bits per heavy atom. The minimum atomic E-state index is -0.823. The third-order valence-electron chi connectivity index (χ3n) is 5.90. The third-order valence-corrected chi connectivity index (χ3v) is 7.00. The van der Waals surface area contributed by atoms with E-state index in [4.69, 9.17) is 18.9 Å². The van der Waals surface area contributed by atoms with E-state index in [2.05, 4.69) is 0 Å². The number of nitro benzene ring substituents is 1. The Morgan fingerprint density at radius 3 is 2.63 bits per heavy atom. The normalized spacial score (nSPS) is 19.8. The van der Waals surface area contributed by atoms with E-state index in [9.17, 15) is 14.9 Å². The molecule has 0 aromatic heterocycles. The van der Waals surface area contributed by atoms with Crippen molar-refractivity contribution in [2.24, 2.45) is 0 Å². The van der Waals surface area contributed by atoms with Gasteiger partial charge in [0.15, 0.2) is 0 Å². The van der Waals surface area contributed by atoms with Crippen LogP contribution in [0.4, 0.5) is 10.5 Å². The molecule has 1 unspecified atom stereocenters. The van der Waals surface area contributed by atoms with Crippen molar-refractivity contribution in [3.63, 3.8) is 0 Å². The standard InChI is InChI=1S/C26H33NO7S/c1-6-18-12-21(27(29)30)20(13-24(18)35-19-10-8-7-9-11-19)17(2)15-32-25(28)33-22-14-26(3,4)34-23(22)16-31-5/h7-13,17,22-23H,6,14-16H2,1-5H3/t17?,22-,23-/m1/s1. The van der Waals surface area contributed by atoms with E-state index in [1.807, 2.05) is 57.2 Å². The van der Waals surface area contributed by atoms with E-state index in [-0.39, 0.29) is 23.3 Å². The number of nitrogens with zero attached hydrogens (tertiary/aromatic N) is 1. The molecule has 0 radical (unpaired) electrons. The quantitative estimate of drug-likeness (QED) is 0.216. The molecule has 0 amide bonds. The van der Waals surface area contributed by atoms with Crippen LogP contribution in [0.5, 0.6) is 0 Å². The van der Waals surface area contributed by atoms with Gasteiger partial charge in [-0.2, -0.15) is 0 Å². The molecule has 9 heteroatoms. The average Bonchev–Trinajstić information content (AvgIpc) is 3.10. The van der Waals surface area contributed by atoms with Gasteiger partial charge < -0.3 is 18.9 Å². The summed E-state index contributed by atoms with van der Waals surface area (Å²) >= 11 is 1.56. The highest BCUT2D eigenvalue weighted by molar-refractivity contribution is 7.99. The highest BCUT2D eigenvalue weighted by Gasteiger charge is 2.43. The largest absolute Gasteiger partial charge is 0.508 e. The zero-order valence-electron chi connectivity index (χ0n) is 20.8. The third kappa shape index (κ3) is 7.19. The van der Waals surface area contributed by atoms with Crippen LogP contribution in [-0.4, -0.2) is 49.2 Å². The van der Waals surface area contributed by atoms with Crippen LogP contribution in [0.2, 0.25) is 0 Å². The smallest absolute Gasteiger partial charge is 0.434 e. The molecule has 1 saturated heterocycles. The summed E-state index contributed by atoms with van der Waals surface area (Å²) in [5.74, 6) is -0.407. The monoisotopic (exact) mass is 503 g/mol. The van der Waals surface area contributed by atoms with Gasteiger partial charge in [0.25, 0.3) is 5.69 Å². The first kappa shape index (κ1) is 27.0. The first-order valence-electron chi connectivity index (χ1n) is 11.7. The van der Waals surface area contributed by atoms with Crippen LogP contribution in [0, 0.1) is 10.1 Å². The van der Waals surface area contributed by atoms with Gasteiger partial charge >= 0.3 is 6.16 Å². The predicted octanol–water partition coefficient (Wildman–Crippen LogP) is 6.15. The maximum absolute atomic E-state index is 12.4. The molecule has 1 heterocycles. The highest BCUT2D eigenvalue weighted by Crippen LogP contribution is 2.38. The van der Waals surface area contributed by atoms with Gasteiger partial charge in [-0.05, 0) is 44.0 Å². The number of hydrogen-bond donors (Lipinski definition) is 0. The molecular weight excluding hydrogens is 470 g/mol. The summed E-state index contributed by atoms with van der Waals surface area (Å²) in [4.78, 5) is 25.9. The molecule has 3 atom stereocenters. The first-order valence-corrected chi connectivity index (χ1v) is 12.5. The van der Waals surface area contributed by atoms with Crippen LogP contribution < -0.4 is 0 Å². The lowest BCUT2D eigenvalue weighted by molar-refractivity contribution is -0.385. The lowest BCUT2D eigenvalue weighted by Crippen LogP contribution is -2.31.